The van der Waals surface area contributed by atoms with Crippen molar-refractivity contribution in [1.82, 2.24) is 24.4 Å². The summed E-state index contributed by atoms with van der Waals surface area (Å²) in [6.07, 6.45) is 2.76. The minimum Gasteiger partial charge on any atom is -0.454 e. The van der Waals surface area contributed by atoms with E-state index in [9.17, 15) is 9.59 Å². The smallest absolute Gasteiger partial charge is 0.261 e. The number of anilines is 1. The van der Waals surface area contributed by atoms with Gasteiger partial charge in [0, 0.05) is 21.6 Å². The topological polar surface area (TPSA) is 125 Å². The lowest BCUT2D eigenvalue weighted by molar-refractivity contribution is 0.0651. The van der Waals surface area contributed by atoms with Crippen LogP contribution >= 0.6 is 34.4 Å². The molecule has 0 bridgehead atoms. The number of carbonyl (C=O) groups excluding carboxylic acids is 2. The number of aryl methyl sites for hydroxylation is 1. The van der Waals surface area contributed by atoms with E-state index in [1.165, 1.54) is 23.0 Å². The predicted molar refractivity (Wildman–Crippen MR) is 140 cm³/mol. The summed E-state index contributed by atoms with van der Waals surface area (Å²) < 4.78 is 14.0. The Hall–Kier alpha value is -3.39. The van der Waals surface area contributed by atoms with Gasteiger partial charge < -0.3 is 19.8 Å². The zero-order valence-electron chi connectivity index (χ0n) is 18.8. The number of imide groups is 1. The molecule has 12 heteroatoms. The highest BCUT2D eigenvalue weighted by molar-refractivity contribution is 14.1. The van der Waals surface area contributed by atoms with Crippen molar-refractivity contribution >= 4 is 63.1 Å². The molecule has 0 spiro atoms. The molecule has 4 aromatic rings. The van der Waals surface area contributed by atoms with Crippen LogP contribution in [0.5, 0.6) is 11.5 Å². The molecule has 2 aromatic heterocycles. The first-order valence-corrected chi connectivity index (χ1v) is 13.1. The summed E-state index contributed by atoms with van der Waals surface area (Å²) in [6.45, 7) is 1.13. The number of carbonyl (C=O) groups is 2. The molecule has 0 radical (unpaired) electrons. The molecule has 0 saturated heterocycles. The van der Waals surface area contributed by atoms with Crippen LogP contribution in [0.15, 0.2) is 52.8 Å². The molecule has 6 rings (SSSR count). The van der Waals surface area contributed by atoms with Crippen molar-refractivity contribution < 1.29 is 19.1 Å². The largest absolute Gasteiger partial charge is 0.454 e. The van der Waals surface area contributed by atoms with Crippen molar-refractivity contribution in [2.45, 2.75) is 29.4 Å². The van der Waals surface area contributed by atoms with Crippen molar-refractivity contribution in [3.63, 3.8) is 0 Å². The summed E-state index contributed by atoms with van der Waals surface area (Å²) in [6, 6.07) is 10.8. The number of hydrogen-bond donors (Lipinski definition) is 1. The Morgan fingerprint density at radius 2 is 1.69 bits per heavy atom. The Bertz CT molecular complexity index is 1510. The molecule has 2 amide bonds. The lowest BCUT2D eigenvalue weighted by Gasteiger charge is -2.14. The Morgan fingerprint density at radius 1 is 1.00 bits per heavy atom. The van der Waals surface area contributed by atoms with Crippen LogP contribution in [0.2, 0.25) is 0 Å². The average Bonchev–Trinajstić information content (AvgIpc) is 3.54. The fourth-order valence-corrected chi connectivity index (χ4v) is 5.98. The van der Waals surface area contributed by atoms with E-state index in [1.54, 1.807) is 24.3 Å². The fourth-order valence-electron chi connectivity index (χ4n) is 4.27. The number of aromatic nitrogens is 4. The first kappa shape index (κ1) is 23.0. The van der Waals surface area contributed by atoms with Crippen LogP contribution in [-0.4, -0.2) is 49.6 Å². The molecule has 4 heterocycles. The van der Waals surface area contributed by atoms with Gasteiger partial charge in [0.25, 0.3) is 11.8 Å². The third-order valence-electron chi connectivity index (χ3n) is 6.05. The first-order chi connectivity index (χ1) is 17.5. The highest BCUT2D eigenvalue weighted by atomic mass is 127. The normalized spacial score (nSPS) is 14.2. The van der Waals surface area contributed by atoms with Crippen molar-refractivity contribution in [1.29, 1.82) is 0 Å². The number of benzene rings is 2. The molecular formula is C24H19IN6O4S. The molecule has 0 aliphatic carbocycles. The summed E-state index contributed by atoms with van der Waals surface area (Å²) >= 11 is 3.75. The summed E-state index contributed by atoms with van der Waals surface area (Å²) in [7, 11) is 0. The lowest BCUT2D eigenvalue weighted by atomic mass is 10.1. The molecule has 0 saturated carbocycles. The Morgan fingerprint density at radius 3 is 2.44 bits per heavy atom. The third kappa shape index (κ3) is 3.93. The van der Waals surface area contributed by atoms with Crippen molar-refractivity contribution in [3.8, 4) is 11.5 Å². The highest BCUT2D eigenvalue weighted by Gasteiger charge is 2.34. The molecule has 182 valence electrons. The van der Waals surface area contributed by atoms with Gasteiger partial charge in [-0.3, -0.25) is 14.5 Å². The molecule has 2 N–H and O–H groups in total. The number of nitrogen functional groups attached to an aromatic ring is 1. The third-order valence-corrected chi connectivity index (χ3v) is 8.36. The van der Waals surface area contributed by atoms with E-state index >= 15 is 0 Å². The number of fused-ring (bicyclic) bond motifs is 3. The van der Waals surface area contributed by atoms with Gasteiger partial charge in [0.2, 0.25) is 6.79 Å². The van der Waals surface area contributed by atoms with Gasteiger partial charge in [-0.2, -0.15) is 0 Å². The van der Waals surface area contributed by atoms with Crippen molar-refractivity contribution in [2.24, 2.45) is 0 Å². The number of imidazole rings is 1. The second kappa shape index (κ2) is 9.24. The van der Waals surface area contributed by atoms with Crippen molar-refractivity contribution in [2.75, 3.05) is 19.1 Å². The number of unbranched alkanes of at least 4 members (excludes halogenated alkanes) is 1. The highest BCUT2D eigenvalue weighted by Crippen LogP contribution is 2.41. The molecule has 0 atom stereocenters. The maximum Gasteiger partial charge on any atom is 0.261 e. The number of nitrogens with two attached hydrogens (primary N) is 1. The minimum atomic E-state index is -0.238. The molecule has 2 aliphatic heterocycles. The van der Waals surface area contributed by atoms with E-state index in [2.05, 4.69) is 32.6 Å². The van der Waals surface area contributed by atoms with E-state index < -0.39 is 0 Å². The van der Waals surface area contributed by atoms with E-state index in [1.807, 2.05) is 16.7 Å². The molecular weight excluding hydrogens is 595 g/mol. The molecule has 10 nitrogen and oxygen atoms in total. The number of amides is 2. The van der Waals surface area contributed by atoms with Gasteiger partial charge in [-0.05, 0) is 59.7 Å². The summed E-state index contributed by atoms with van der Waals surface area (Å²) in [4.78, 5) is 40.8. The van der Waals surface area contributed by atoms with Gasteiger partial charge >= 0.3 is 0 Å². The average molecular weight is 614 g/mol. The Balaban J connectivity index is 1.21. The van der Waals surface area contributed by atoms with Crippen LogP contribution < -0.4 is 15.2 Å². The minimum absolute atomic E-state index is 0.206. The number of nitrogens with zero attached hydrogens (tertiary/aromatic N) is 5. The summed E-state index contributed by atoms with van der Waals surface area (Å²) in [5, 5.41) is 0.717. The van der Waals surface area contributed by atoms with Gasteiger partial charge in [-0.1, -0.05) is 23.9 Å². The van der Waals surface area contributed by atoms with Crippen LogP contribution in [-0.2, 0) is 6.54 Å². The maximum atomic E-state index is 12.6. The fraction of sp³-hybridized carbons (Fsp3) is 0.208. The van der Waals surface area contributed by atoms with Gasteiger partial charge in [-0.15, -0.1) is 0 Å². The molecule has 2 aliphatic rings. The lowest BCUT2D eigenvalue weighted by Crippen LogP contribution is -2.30. The molecule has 0 fully saturated rings. The standard InChI is InChI=1S/C24H19IN6O4S/c25-15-9-16-17(35-12-34-16)10-18(15)36-24-29-19-20(26)27-11-28-21(19)30(24)7-3-4-8-31-22(32)13-5-1-2-6-14(13)23(31)33/h1-2,5-6,9-11H,3-4,7-8,12H2,(H2,26,27,28). The summed E-state index contributed by atoms with van der Waals surface area (Å²) in [5.41, 5.74) is 8.20. The second-order valence-electron chi connectivity index (χ2n) is 8.23. The van der Waals surface area contributed by atoms with E-state index in [-0.39, 0.29) is 18.6 Å². The van der Waals surface area contributed by atoms with Gasteiger partial charge in [-0.25, -0.2) is 15.0 Å². The van der Waals surface area contributed by atoms with Crippen LogP contribution in [0.3, 0.4) is 0 Å². The summed E-state index contributed by atoms with van der Waals surface area (Å²) in [5.74, 6) is 1.25. The number of rotatable bonds is 7. The Labute approximate surface area is 223 Å². The van der Waals surface area contributed by atoms with Crippen LogP contribution in [0.25, 0.3) is 11.2 Å². The quantitative estimate of drug-likeness (QED) is 0.187. The van der Waals surface area contributed by atoms with Gasteiger partial charge in [0.1, 0.15) is 6.33 Å². The zero-order valence-corrected chi connectivity index (χ0v) is 21.8. The monoisotopic (exact) mass is 614 g/mol. The van der Waals surface area contributed by atoms with Crippen LogP contribution in [0.1, 0.15) is 33.6 Å². The molecule has 36 heavy (non-hydrogen) atoms. The number of halogens is 1. The van der Waals surface area contributed by atoms with E-state index in [0.717, 1.165) is 19.4 Å². The zero-order chi connectivity index (χ0) is 24.8. The van der Waals surface area contributed by atoms with Crippen LogP contribution in [0.4, 0.5) is 5.82 Å². The Kier molecular flexibility index (Phi) is 5.91. The van der Waals surface area contributed by atoms with E-state index in [0.29, 0.717) is 59.8 Å². The predicted octanol–water partition coefficient (Wildman–Crippen LogP) is 3.97. The van der Waals surface area contributed by atoms with Crippen LogP contribution in [0, 0.1) is 3.57 Å². The molecule has 2 aromatic carbocycles. The van der Waals surface area contributed by atoms with Gasteiger partial charge in [0.05, 0.1) is 11.1 Å². The number of ether oxygens (including phenoxy) is 2. The van der Waals surface area contributed by atoms with Crippen molar-refractivity contribution in [3.05, 3.63) is 57.4 Å². The second-order valence-corrected chi connectivity index (χ2v) is 10.4. The maximum absolute atomic E-state index is 12.6. The van der Waals surface area contributed by atoms with E-state index in [4.69, 9.17) is 20.2 Å². The number of hydrogen-bond acceptors (Lipinski definition) is 9. The first-order valence-electron chi connectivity index (χ1n) is 11.2. The van der Waals surface area contributed by atoms with Gasteiger partial charge in [0.15, 0.2) is 33.6 Å². The molecule has 0 unspecified atom stereocenters. The SMILES string of the molecule is Nc1ncnc2c1nc(Sc1cc3c(cc1I)OCO3)n2CCCCN1C(=O)c2ccccc2C1=O.